The number of nitrogens with zero attached hydrogens (tertiary/aromatic N) is 1. The van der Waals surface area contributed by atoms with Gasteiger partial charge >= 0.3 is 17.9 Å². The Morgan fingerprint density at radius 1 is 0.705 bits per heavy atom. The van der Waals surface area contributed by atoms with Gasteiger partial charge in [0.25, 0.3) is 17.7 Å². The minimum atomic E-state index is -1.39. The predicted molar refractivity (Wildman–Crippen MR) is 211 cm³/mol. The normalized spacial score (nSPS) is 17.0. The van der Waals surface area contributed by atoms with E-state index in [4.69, 9.17) is 9.94 Å². The van der Waals surface area contributed by atoms with Gasteiger partial charge in [-0.2, -0.15) is 0 Å². The van der Waals surface area contributed by atoms with Crippen molar-refractivity contribution >= 4 is 65.2 Å². The second-order valence-corrected chi connectivity index (χ2v) is 14.9. The molecule has 2 aliphatic rings. The van der Waals surface area contributed by atoms with Gasteiger partial charge in [0.15, 0.2) is 0 Å². The zero-order chi connectivity index (χ0) is 44.9. The van der Waals surface area contributed by atoms with Crippen molar-refractivity contribution in [3.05, 3.63) is 35.4 Å². The molecule has 1 aromatic carbocycles. The van der Waals surface area contributed by atoms with Crippen molar-refractivity contribution in [1.29, 1.82) is 0 Å². The second-order valence-electron chi connectivity index (χ2n) is 14.9. The fourth-order valence-electron chi connectivity index (χ4n) is 6.59. The van der Waals surface area contributed by atoms with Crippen LogP contribution >= 0.6 is 0 Å². The van der Waals surface area contributed by atoms with Crippen LogP contribution in [0.4, 0.5) is 0 Å². The highest BCUT2D eigenvalue weighted by atomic mass is 16.7. The molecule has 61 heavy (non-hydrogen) atoms. The van der Waals surface area contributed by atoms with Gasteiger partial charge in [-0.1, -0.05) is 17.7 Å². The van der Waals surface area contributed by atoms with Crippen LogP contribution in [0.25, 0.3) is 0 Å². The third-order valence-corrected chi connectivity index (χ3v) is 10.0. The molecule has 2 atom stereocenters. The Morgan fingerprint density at radius 2 is 1.31 bits per heavy atom. The zero-order valence-electron chi connectivity index (χ0n) is 34.1. The predicted octanol–water partition coefficient (Wildman–Crippen LogP) is -0.253. The summed E-state index contributed by atoms with van der Waals surface area (Å²) in [7, 11) is 0. The van der Waals surface area contributed by atoms with Gasteiger partial charge in [-0.05, 0) is 83.3 Å². The Hall–Kier alpha value is -6.41. The van der Waals surface area contributed by atoms with Crippen molar-refractivity contribution in [2.75, 3.05) is 26.2 Å². The topological polar surface area (TPSA) is 313 Å². The largest absolute Gasteiger partial charge is 0.481 e. The Balaban J connectivity index is 1.29. The SMILES string of the molecule is Cc1cccc(C(=O)NCCCCC(NC(=O)CNC(=O)C(CCC(=O)O)NC(=O)CNC(=O)CCCCNC(=O)C2CCC(C(=O)ON3C(=O)CCC3=O)CC2)C(=O)O)c1. The van der Waals surface area contributed by atoms with E-state index in [0.717, 1.165) is 5.56 Å². The summed E-state index contributed by atoms with van der Waals surface area (Å²) in [5.74, 6) is -8.73. The number of aryl methyl sites for hydroxylation is 1. The first-order valence-corrected chi connectivity index (χ1v) is 20.3. The molecule has 2 fully saturated rings. The van der Waals surface area contributed by atoms with Crippen molar-refractivity contribution < 1.29 is 67.8 Å². The number of imide groups is 1. The third kappa shape index (κ3) is 17.8. The first-order valence-electron chi connectivity index (χ1n) is 20.3. The van der Waals surface area contributed by atoms with Gasteiger partial charge in [0.05, 0.1) is 19.0 Å². The van der Waals surface area contributed by atoms with E-state index in [1.165, 1.54) is 0 Å². The molecule has 8 N–H and O–H groups in total. The molecule has 0 spiro atoms. The van der Waals surface area contributed by atoms with Crippen LogP contribution in [0.1, 0.15) is 106 Å². The van der Waals surface area contributed by atoms with Crippen molar-refractivity contribution in [3.8, 4) is 0 Å². The van der Waals surface area contributed by atoms with Gasteiger partial charge in [0.1, 0.15) is 12.1 Å². The van der Waals surface area contributed by atoms with Gasteiger partial charge in [0, 0.05) is 50.3 Å². The lowest BCUT2D eigenvalue weighted by Gasteiger charge is -2.27. The highest BCUT2D eigenvalue weighted by molar-refractivity contribution is 6.01. The lowest BCUT2D eigenvalue weighted by Crippen LogP contribution is -2.52. The lowest BCUT2D eigenvalue weighted by atomic mass is 9.81. The average molecular weight is 858 g/mol. The van der Waals surface area contributed by atoms with E-state index >= 15 is 0 Å². The molecule has 0 radical (unpaired) electrons. The molecule has 21 nitrogen and oxygen atoms in total. The molecule has 1 aliphatic carbocycles. The monoisotopic (exact) mass is 857 g/mol. The maximum absolute atomic E-state index is 12.8. The van der Waals surface area contributed by atoms with Gasteiger partial charge in [-0.15, -0.1) is 5.06 Å². The van der Waals surface area contributed by atoms with Crippen molar-refractivity contribution in [2.24, 2.45) is 11.8 Å². The first kappa shape index (κ1) is 49.0. The van der Waals surface area contributed by atoms with E-state index in [-0.39, 0.29) is 62.9 Å². The fraction of sp³-hybridized carbons (Fsp3) is 0.575. The van der Waals surface area contributed by atoms with E-state index in [2.05, 4.69) is 31.9 Å². The third-order valence-electron chi connectivity index (χ3n) is 10.0. The number of rotatable bonds is 25. The molecule has 1 saturated carbocycles. The smallest absolute Gasteiger partial charge is 0.336 e. The van der Waals surface area contributed by atoms with Crippen molar-refractivity contribution in [2.45, 2.75) is 109 Å². The molecular formula is C40H55N7O14. The van der Waals surface area contributed by atoms with E-state index in [1.54, 1.807) is 18.2 Å². The van der Waals surface area contributed by atoms with Gasteiger partial charge in [-0.25, -0.2) is 9.59 Å². The average Bonchev–Trinajstić information content (AvgIpc) is 3.54. The standard InChI is InChI=1S/C40H55N7O14/c1-24-7-6-8-27(21-24)37(56)42-19-4-2-9-29(39(58)59)46-32(50)23-44-38(57)28(15-18-35(53)54)45-31(49)22-43-30(48)10-3-5-20-41-36(55)25-11-13-26(14-12-25)40(60)61-47-33(51)16-17-34(47)52/h6-8,21,25-26,28-29H,2-5,9-20,22-23H2,1H3,(H,41,55)(H,42,56)(H,43,48)(H,44,57)(H,45,49)(H,46,50)(H,53,54)(H,58,59). The van der Waals surface area contributed by atoms with Crippen LogP contribution in [0.15, 0.2) is 24.3 Å². The fourth-order valence-corrected chi connectivity index (χ4v) is 6.59. The molecule has 2 unspecified atom stereocenters. The number of unbranched alkanes of at least 4 members (excludes halogenated alkanes) is 2. The lowest BCUT2D eigenvalue weighted by molar-refractivity contribution is -0.201. The highest BCUT2D eigenvalue weighted by Crippen LogP contribution is 2.30. The molecular weight excluding hydrogens is 802 g/mol. The molecule has 334 valence electrons. The number of hydrogen-bond donors (Lipinski definition) is 8. The van der Waals surface area contributed by atoms with Crippen LogP contribution in [0.2, 0.25) is 0 Å². The summed E-state index contributed by atoms with van der Waals surface area (Å²) in [5, 5.41) is 34.1. The summed E-state index contributed by atoms with van der Waals surface area (Å²) in [6.07, 6.45) is 2.33. The summed E-state index contributed by atoms with van der Waals surface area (Å²) < 4.78 is 0. The number of aliphatic carboxylic acids is 2. The van der Waals surface area contributed by atoms with Gasteiger partial charge < -0.3 is 47.0 Å². The van der Waals surface area contributed by atoms with E-state index in [0.29, 0.717) is 62.0 Å². The number of benzene rings is 1. The highest BCUT2D eigenvalue weighted by Gasteiger charge is 2.37. The summed E-state index contributed by atoms with van der Waals surface area (Å²) >= 11 is 0. The maximum Gasteiger partial charge on any atom is 0.336 e. The number of carboxylic acids is 2. The molecule has 21 heteroatoms. The number of amides is 8. The van der Waals surface area contributed by atoms with Crippen LogP contribution in [0, 0.1) is 18.8 Å². The van der Waals surface area contributed by atoms with Crippen LogP contribution in [0.5, 0.6) is 0 Å². The first-order chi connectivity index (χ1) is 29.0. The van der Waals surface area contributed by atoms with Crippen LogP contribution < -0.4 is 31.9 Å². The van der Waals surface area contributed by atoms with Gasteiger partial charge in [-0.3, -0.25) is 43.2 Å². The Kier molecular flexibility index (Phi) is 20.3. The minimum Gasteiger partial charge on any atom is -0.481 e. The van der Waals surface area contributed by atoms with Crippen LogP contribution in [-0.2, 0) is 52.8 Å². The number of nitrogens with one attached hydrogen (secondary N) is 6. The minimum absolute atomic E-state index is 0.00199. The molecule has 3 rings (SSSR count). The quantitative estimate of drug-likeness (QED) is 0.0465. The molecule has 0 bridgehead atoms. The van der Waals surface area contributed by atoms with Crippen LogP contribution in [-0.4, -0.2) is 119 Å². The summed E-state index contributed by atoms with van der Waals surface area (Å²) in [6.45, 7) is 1.21. The Bertz CT molecular complexity index is 1780. The molecule has 1 aliphatic heterocycles. The summed E-state index contributed by atoms with van der Waals surface area (Å²) in [4.78, 5) is 139. The summed E-state index contributed by atoms with van der Waals surface area (Å²) in [6, 6.07) is 4.35. The Labute approximate surface area is 351 Å². The maximum atomic E-state index is 12.8. The molecule has 8 amide bonds. The van der Waals surface area contributed by atoms with E-state index in [1.807, 2.05) is 13.0 Å². The van der Waals surface area contributed by atoms with Crippen molar-refractivity contribution in [1.82, 2.24) is 37.0 Å². The second kappa shape index (κ2) is 25.3. The van der Waals surface area contributed by atoms with Crippen LogP contribution in [0.3, 0.4) is 0 Å². The molecule has 1 heterocycles. The number of hydroxylamine groups is 2. The number of carbonyl (C=O) groups is 11. The van der Waals surface area contributed by atoms with E-state index in [9.17, 15) is 57.8 Å². The van der Waals surface area contributed by atoms with E-state index < -0.39 is 90.9 Å². The summed E-state index contributed by atoms with van der Waals surface area (Å²) in [5.41, 5.74) is 1.42. The number of hydrogen-bond acceptors (Lipinski definition) is 12. The molecule has 0 aromatic heterocycles. The Morgan fingerprint density at radius 3 is 1.95 bits per heavy atom. The molecule has 1 saturated heterocycles. The molecule has 1 aromatic rings. The van der Waals surface area contributed by atoms with Gasteiger partial charge in [0.2, 0.25) is 29.5 Å². The number of carbonyl (C=O) groups excluding carboxylic acids is 9. The number of carboxylic acid groups (broad SMARTS) is 2. The van der Waals surface area contributed by atoms with Crippen molar-refractivity contribution in [3.63, 3.8) is 0 Å². The zero-order valence-corrected chi connectivity index (χ0v) is 34.1.